The molecule has 1 aliphatic rings. The van der Waals surface area contributed by atoms with Crippen LogP contribution in [0.15, 0.2) is 0 Å². The average molecular weight is 213 g/mol. The molecule has 3 heteroatoms. The fraction of sp³-hybridized carbons (Fsp3) is 1.00. The second-order valence-corrected chi connectivity index (χ2v) is 4.92. The van der Waals surface area contributed by atoms with Gasteiger partial charge in [-0.3, -0.25) is 4.90 Å². The van der Waals surface area contributed by atoms with Crippen LogP contribution in [-0.4, -0.2) is 61.7 Å². The maximum absolute atomic E-state index is 3.65. The Kier molecular flexibility index (Phi) is 5.58. The first-order valence-corrected chi connectivity index (χ1v) is 6.29. The van der Waals surface area contributed by atoms with E-state index in [1.165, 1.54) is 19.5 Å². The molecule has 1 atom stereocenters. The summed E-state index contributed by atoms with van der Waals surface area (Å²) >= 11 is 0. The normalized spacial score (nSPS) is 23.2. The van der Waals surface area contributed by atoms with Crippen LogP contribution in [0.2, 0.25) is 0 Å². The molecule has 0 spiro atoms. The van der Waals surface area contributed by atoms with Crippen molar-refractivity contribution in [1.82, 2.24) is 15.1 Å². The Balaban J connectivity index is 2.09. The standard InChI is InChI=1S/C12H27N3/c1-5-14(4)9-7-13-12-6-8-15(10-12)11(2)3/h11-13H,5-10H2,1-4H3. The van der Waals surface area contributed by atoms with Gasteiger partial charge >= 0.3 is 0 Å². The van der Waals surface area contributed by atoms with E-state index in [1.807, 2.05) is 0 Å². The van der Waals surface area contributed by atoms with Gasteiger partial charge in [0, 0.05) is 31.7 Å². The summed E-state index contributed by atoms with van der Waals surface area (Å²) in [6, 6.07) is 1.42. The smallest absolute Gasteiger partial charge is 0.0207 e. The van der Waals surface area contributed by atoms with Gasteiger partial charge in [-0.25, -0.2) is 0 Å². The molecule has 0 amide bonds. The monoisotopic (exact) mass is 213 g/mol. The van der Waals surface area contributed by atoms with Crippen molar-refractivity contribution in [3.63, 3.8) is 0 Å². The van der Waals surface area contributed by atoms with E-state index in [4.69, 9.17) is 0 Å². The van der Waals surface area contributed by atoms with E-state index in [0.717, 1.165) is 25.7 Å². The van der Waals surface area contributed by atoms with Crippen LogP contribution in [0, 0.1) is 0 Å². The molecule has 1 rings (SSSR count). The predicted octanol–water partition coefficient (Wildman–Crippen LogP) is 1.01. The maximum Gasteiger partial charge on any atom is 0.0207 e. The molecule has 90 valence electrons. The van der Waals surface area contributed by atoms with Gasteiger partial charge in [0.1, 0.15) is 0 Å². The molecule has 0 bridgehead atoms. The van der Waals surface area contributed by atoms with Gasteiger partial charge in [-0.2, -0.15) is 0 Å². The highest BCUT2D eigenvalue weighted by Gasteiger charge is 2.23. The zero-order valence-corrected chi connectivity index (χ0v) is 10.8. The van der Waals surface area contributed by atoms with Gasteiger partial charge < -0.3 is 10.2 Å². The van der Waals surface area contributed by atoms with Gasteiger partial charge in [0.25, 0.3) is 0 Å². The van der Waals surface area contributed by atoms with Gasteiger partial charge in [-0.05, 0) is 40.4 Å². The molecule has 0 aromatic rings. The first kappa shape index (κ1) is 12.9. The number of rotatable bonds is 6. The molecular weight excluding hydrogens is 186 g/mol. The lowest BCUT2D eigenvalue weighted by atomic mass is 10.2. The van der Waals surface area contributed by atoms with Gasteiger partial charge in [0.2, 0.25) is 0 Å². The minimum atomic E-state index is 0.704. The molecule has 1 heterocycles. The third-order valence-corrected chi connectivity index (χ3v) is 3.42. The van der Waals surface area contributed by atoms with E-state index < -0.39 is 0 Å². The predicted molar refractivity (Wildman–Crippen MR) is 66.3 cm³/mol. The van der Waals surface area contributed by atoms with Crippen LogP contribution in [0.4, 0.5) is 0 Å². The Hall–Kier alpha value is -0.120. The largest absolute Gasteiger partial charge is 0.311 e. The topological polar surface area (TPSA) is 18.5 Å². The van der Waals surface area contributed by atoms with Gasteiger partial charge in [0.15, 0.2) is 0 Å². The zero-order valence-electron chi connectivity index (χ0n) is 10.8. The van der Waals surface area contributed by atoms with Gasteiger partial charge in [0.05, 0.1) is 0 Å². The van der Waals surface area contributed by atoms with Crippen molar-refractivity contribution in [3.8, 4) is 0 Å². The summed E-state index contributed by atoms with van der Waals surface area (Å²) in [4.78, 5) is 4.91. The Morgan fingerprint density at radius 2 is 2.20 bits per heavy atom. The van der Waals surface area contributed by atoms with Crippen molar-refractivity contribution in [1.29, 1.82) is 0 Å². The lowest BCUT2D eigenvalue weighted by molar-refractivity contribution is 0.266. The fourth-order valence-electron chi connectivity index (χ4n) is 2.04. The van der Waals surface area contributed by atoms with Crippen LogP contribution in [0.1, 0.15) is 27.2 Å². The summed E-state index contributed by atoms with van der Waals surface area (Å²) in [5.41, 5.74) is 0. The lowest BCUT2D eigenvalue weighted by Gasteiger charge is -2.21. The van der Waals surface area contributed by atoms with Crippen molar-refractivity contribution in [2.45, 2.75) is 39.3 Å². The summed E-state index contributed by atoms with van der Waals surface area (Å²) in [5.74, 6) is 0. The van der Waals surface area contributed by atoms with Crippen LogP contribution in [0.25, 0.3) is 0 Å². The fourth-order valence-corrected chi connectivity index (χ4v) is 2.04. The molecule has 1 aliphatic heterocycles. The van der Waals surface area contributed by atoms with E-state index in [9.17, 15) is 0 Å². The van der Waals surface area contributed by atoms with Crippen molar-refractivity contribution >= 4 is 0 Å². The molecule has 1 N–H and O–H groups in total. The average Bonchev–Trinajstić information content (AvgIpc) is 2.66. The Morgan fingerprint density at radius 3 is 2.73 bits per heavy atom. The third kappa shape index (κ3) is 4.49. The summed E-state index contributed by atoms with van der Waals surface area (Å²) in [5, 5.41) is 3.65. The maximum atomic E-state index is 3.65. The molecule has 0 aliphatic carbocycles. The highest BCUT2D eigenvalue weighted by Crippen LogP contribution is 2.11. The van der Waals surface area contributed by atoms with Crippen LogP contribution < -0.4 is 5.32 Å². The summed E-state index contributed by atoms with van der Waals surface area (Å²) in [6.07, 6.45) is 1.31. The molecule has 0 radical (unpaired) electrons. The van der Waals surface area contributed by atoms with E-state index in [2.05, 4.69) is 42.9 Å². The van der Waals surface area contributed by atoms with Crippen molar-refractivity contribution < 1.29 is 0 Å². The van der Waals surface area contributed by atoms with Crippen LogP contribution in [0.3, 0.4) is 0 Å². The van der Waals surface area contributed by atoms with Crippen molar-refractivity contribution in [2.24, 2.45) is 0 Å². The molecule has 0 aromatic carbocycles. The number of hydrogen-bond acceptors (Lipinski definition) is 3. The summed E-state index contributed by atoms with van der Waals surface area (Å²) < 4.78 is 0. The first-order chi connectivity index (χ1) is 7.13. The van der Waals surface area contributed by atoms with E-state index in [-0.39, 0.29) is 0 Å². The molecule has 0 saturated carbocycles. The van der Waals surface area contributed by atoms with E-state index >= 15 is 0 Å². The van der Waals surface area contributed by atoms with Gasteiger partial charge in [-0.1, -0.05) is 6.92 Å². The third-order valence-electron chi connectivity index (χ3n) is 3.42. The Morgan fingerprint density at radius 1 is 1.47 bits per heavy atom. The number of likely N-dealkylation sites (tertiary alicyclic amines) is 1. The molecule has 3 nitrogen and oxygen atoms in total. The first-order valence-electron chi connectivity index (χ1n) is 6.29. The second kappa shape index (κ2) is 6.46. The van der Waals surface area contributed by atoms with Crippen LogP contribution >= 0.6 is 0 Å². The van der Waals surface area contributed by atoms with Gasteiger partial charge in [-0.15, -0.1) is 0 Å². The van der Waals surface area contributed by atoms with Crippen molar-refractivity contribution in [2.75, 3.05) is 39.8 Å². The number of hydrogen-bond donors (Lipinski definition) is 1. The quantitative estimate of drug-likeness (QED) is 0.710. The number of likely N-dealkylation sites (N-methyl/N-ethyl adjacent to an activating group) is 1. The minimum absolute atomic E-state index is 0.704. The highest BCUT2D eigenvalue weighted by molar-refractivity contribution is 4.82. The molecule has 15 heavy (non-hydrogen) atoms. The minimum Gasteiger partial charge on any atom is -0.311 e. The second-order valence-electron chi connectivity index (χ2n) is 4.92. The molecule has 1 fully saturated rings. The van der Waals surface area contributed by atoms with E-state index in [1.54, 1.807) is 0 Å². The zero-order chi connectivity index (χ0) is 11.3. The van der Waals surface area contributed by atoms with E-state index in [0.29, 0.717) is 6.04 Å². The SMILES string of the molecule is CCN(C)CCNC1CCN(C(C)C)C1. The molecule has 1 saturated heterocycles. The summed E-state index contributed by atoms with van der Waals surface area (Å²) in [7, 11) is 2.18. The molecular formula is C12H27N3. The van der Waals surface area contributed by atoms with Crippen LogP contribution in [0.5, 0.6) is 0 Å². The lowest BCUT2D eigenvalue weighted by Crippen LogP contribution is -2.38. The Bertz CT molecular complexity index is 170. The molecule has 1 unspecified atom stereocenters. The Labute approximate surface area is 94.8 Å². The highest BCUT2D eigenvalue weighted by atomic mass is 15.2. The van der Waals surface area contributed by atoms with Crippen molar-refractivity contribution in [3.05, 3.63) is 0 Å². The van der Waals surface area contributed by atoms with Crippen LogP contribution in [-0.2, 0) is 0 Å². The molecule has 0 aromatic heterocycles. The number of nitrogens with zero attached hydrogens (tertiary/aromatic N) is 2. The number of nitrogens with one attached hydrogen (secondary N) is 1. The summed E-state index contributed by atoms with van der Waals surface area (Å²) in [6.45, 7) is 12.7.